The minimum Gasteiger partial charge on any atom is -0.459 e. The average Bonchev–Trinajstić information content (AvgIpc) is 2.93. The summed E-state index contributed by atoms with van der Waals surface area (Å²) in [7, 11) is 0. The van der Waals surface area contributed by atoms with Crippen LogP contribution in [0, 0.1) is 0 Å². The summed E-state index contributed by atoms with van der Waals surface area (Å²) in [6, 6.07) is 13.2. The van der Waals surface area contributed by atoms with Crippen LogP contribution in [0.3, 0.4) is 0 Å². The summed E-state index contributed by atoms with van der Waals surface area (Å²) < 4.78 is 4.95. The Morgan fingerprint density at radius 3 is 2.72 bits per heavy atom. The first-order valence-corrected chi connectivity index (χ1v) is 5.69. The van der Waals surface area contributed by atoms with Crippen molar-refractivity contribution in [3.8, 4) is 0 Å². The molecule has 4 heteroatoms. The maximum absolute atomic E-state index is 11.5. The Bertz CT molecular complexity index is 518. The minimum absolute atomic E-state index is 0.142. The number of hydrogen-bond acceptors (Lipinski definition) is 3. The van der Waals surface area contributed by atoms with Crippen molar-refractivity contribution >= 4 is 12.1 Å². The molecule has 0 bridgehead atoms. The third-order valence-corrected chi connectivity index (χ3v) is 2.53. The molecule has 1 amide bonds. The molecule has 0 unspecified atom stereocenters. The highest BCUT2D eigenvalue weighted by molar-refractivity contribution is 5.91. The van der Waals surface area contributed by atoms with E-state index in [1.807, 2.05) is 37.3 Å². The molecule has 0 aliphatic rings. The molecule has 92 valence electrons. The number of carbonyl (C=O) groups excluding carboxylic acids is 1. The number of furan rings is 1. The Balaban J connectivity index is 1.90. The van der Waals surface area contributed by atoms with E-state index in [1.165, 1.54) is 6.26 Å². The van der Waals surface area contributed by atoms with Crippen molar-refractivity contribution in [1.29, 1.82) is 0 Å². The van der Waals surface area contributed by atoms with Crippen LogP contribution < -0.4 is 5.43 Å². The quantitative estimate of drug-likeness (QED) is 0.662. The Kier molecular flexibility index (Phi) is 3.91. The van der Waals surface area contributed by atoms with E-state index in [2.05, 4.69) is 10.5 Å². The molecule has 4 nitrogen and oxygen atoms in total. The van der Waals surface area contributed by atoms with Gasteiger partial charge in [-0.15, -0.1) is 0 Å². The maximum atomic E-state index is 11.5. The van der Waals surface area contributed by atoms with Gasteiger partial charge in [0.05, 0.1) is 6.26 Å². The predicted molar refractivity (Wildman–Crippen MR) is 69.5 cm³/mol. The lowest BCUT2D eigenvalue weighted by Gasteiger charge is -2.04. The molecule has 0 fully saturated rings. The summed E-state index contributed by atoms with van der Waals surface area (Å²) >= 11 is 0. The second-order valence-electron chi connectivity index (χ2n) is 3.90. The number of benzene rings is 1. The molecule has 0 saturated heterocycles. The third-order valence-electron chi connectivity index (χ3n) is 2.53. The van der Waals surface area contributed by atoms with E-state index in [9.17, 15) is 4.79 Å². The van der Waals surface area contributed by atoms with Crippen LogP contribution in [0.15, 0.2) is 58.2 Å². The van der Waals surface area contributed by atoms with Crippen LogP contribution >= 0.6 is 0 Å². The van der Waals surface area contributed by atoms with Crippen molar-refractivity contribution in [3.63, 3.8) is 0 Å². The van der Waals surface area contributed by atoms with E-state index in [0.29, 0.717) is 0 Å². The van der Waals surface area contributed by atoms with E-state index in [-0.39, 0.29) is 17.6 Å². The molecule has 0 spiro atoms. The van der Waals surface area contributed by atoms with Gasteiger partial charge in [-0.2, -0.15) is 5.10 Å². The Hall–Kier alpha value is -2.36. The third kappa shape index (κ3) is 3.07. The fraction of sp³-hybridized carbons (Fsp3) is 0.143. The first-order valence-electron chi connectivity index (χ1n) is 5.69. The second-order valence-corrected chi connectivity index (χ2v) is 3.90. The van der Waals surface area contributed by atoms with Crippen LogP contribution in [-0.4, -0.2) is 12.1 Å². The Labute approximate surface area is 105 Å². The fourth-order valence-corrected chi connectivity index (χ4v) is 1.51. The topological polar surface area (TPSA) is 54.6 Å². The van der Waals surface area contributed by atoms with Gasteiger partial charge in [-0.25, -0.2) is 5.43 Å². The van der Waals surface area contributed by atoms with E-state index in [0.717, 1.165) is 5.56 Å². The number of hydrogen-bond donors (Lipinski definition) is 1. The minimum atomic E-state index is -0.350. The number of carbonyl (C=O) groups is 1. The lowest BCUT2D eigenvalue weighted by Crippen LogP contribution is -2.17. The normalized spacial score (nSPS) is 12.5. The number of nitrogens with zero attached hydrogens (tertiary/aromatic N) is 1. The van der Waals surface area contributed by atoms with Crippen LogP contribution in [0.2, 0.25) is 0 Å². The SMILES string of the molecule is C[C@H](/C=N\NC(=O)c1ccco1)c1ccccc1. The molecule has 1 aromatic heterocycles. The van der Waals surface area contributed by atoms with Gasteiger partial charge in [0.15, 0.2) is 5.76 Å². The highest BCUT2D eigenvalue weighted by Gasteiger charge is 2.06. The summed E-state index contributed by atoms with van der Waals surface area (Å²) in [5.74, 6) is 0.0409. The molecule has 2 rings (SSSR count). The molecule has 18 heavy (non-hydrogen) atoms. The number of nitrogens with one attached hydrogen (secondary N) is 1. The lowest BCUT2D eigenvalue weighted by atomic mass is 10.0. The van der Waals surface area contributed by atoms with Gasteiger partial charge < -0.3 is 4.42 Å². The summed E-state index contributed by atoms with van der Waals surface area (Å²) in [6.07, 6.45) is 3.14. The van der Waals surface area contributed by atoms with Crippen molar-refractivity contribution in [3.05, 3.63) is 60.1 Å². The lowest BCUT2D eigenvalue weighted by molar-refractivity contribution is 0.0927. The van der Waals surface area contributed by atoms with Gasteiger partial charge in [0, 0.05) is 12.1 Å². The van der Waals surface area contributed by atoms with Gasteiger partial charge in [-0.05, 0) is 17.7 Å². The molecule has 1 atom stereocenters. The van der Waals surface area contributed by atoms with Gasteiger partial charge in [0.25, 0.3) is 0 Å². The molecule has 0 aliphatic heterocycles. The van der Waals surface area contributed by atoms with E-state index < -0.39 is 0 Å². The summed E-state index contributed by atoms with van der Waals surface area (Å²) in [6.45, 7) is 2.01. The molecule has 1 aromatic carbocycles. The van der Waals surface area contributed by atoms with E-state index in [4.69, 9.17) is 4.42 Å². The van der Waals surface area contributed by atoms with Crippen LogP contribution in [-0.2, 0) is 0 Å². The van der Waals surface area contributed by atoms with Crippen molar-refractivity contribution in [1.82, 2.24) is 5.43 Å². The Morgan fingerprint density at radius 1 is 1.28 bits per heavy atom. The first kappa shape index (κ1) is 12.1. The summed E-state index contributed by atoms with van der Waals surface area (Å²) in [4.78, 5) is 11.5. The number of rotatable bonds is 4. The molecule has 0 aliphatic carbocycles. The monoisotopic (exact) mass is 242 g/mol. The Morgan fingerprint density at radius 2 is 2.06 bits per heavy atom. The van der Waals surface area contributed by atoms with Gasteiger partial charge in [0.2, 0.25) is 0 Å². The zero-order chi connectivity index (χ0) is 12.8. The first-order chi connectivity index (χ1) is 8.77. The molecular weight excluding hydrogens is 228 g/mol. The standard InChI is InChI=1S/C14H14N2O2/c1-11(12-6-3-2-4-7-12)10-15-16-14(17)13-8-5-9-18-13/h2-11H,1H3,(H,16,17)/b15-10-/t11-/m1/s1. The fourth-order valence-electron chi connectivity index (χ4n) is 1.51. The van der Waals surface area contributed by atoms with Crippen LogP contribution in [0.1, 0.15) is 29.0 Å². The second kappa shape index (κ2) is 5.82. The zero-order valence-electron chi connectivity index (χ0n) is 10.0. The summed E-state index contributed by atoms with van der Waals surface area (Å²) in [5.41, 5.74) is 3.57. The molecule has 1 N–H and O–H groups in total. The molecule has 1 heterocycles. The molecule has 2 aromatic rings. The van der Waals surface area contributed by atoms with Crippen molar-refractivity contribution in [2.75, 3.05) is 0 Å². The predicted octanol–water partition coefficient (Wildman–Crippen LogP) is 2.80. The van der Waals surface area contributed by atoms with Gasteiger partial charge in [-0.3, -0.25) is 4.79 Å². The van der Waals surface area contributed by atoms with Crippen LogP contribution in [0.4, 0.5) is 0 Å². The maximum Gasteiger partial charge on any atom is 0.307 e. The van der Waals surface area contributed by atoms with Crippen LogP contribution in [0.25, 0.3) is 0 Å². The number of hydrazone groups is 1. The van der Waals surface area contributed by atoms with Crippen LogP contribution in [0.5, 0.6) is 0 Å². The number of amides is 1. The summed E-state index contributed by atoms with van der Waals surface area (Å²) in [5, 5.41) is 3.92. The zero-order valence-corrected chi connectivity index (χ0v) is 10.0. The van der Waals surface area contributed by atoms with Gasteiger partial charge in [0.1, 0.15) is 0 Å². The molecular formula is C14H14N2O2. The van der Waals surface area contributed by atoms with E-state index in [1.54, 1.807) is 18.3 Å². The smallest absolute Gasteiger partial charge is 0.307 e. The van der Waals surface area contributed by atoms with Gasteiger partial charge in [-0.1, -0.05) is 37.3 Å². The molecule has 0 saturated carbocycles. The van der Waals surface area contributed by atoms with E-state index >= 15 is 0 Å². The largest absolute Gasteiger partial charge is 0.459 e. The van der Waals surface area contributed by atoms with Crippen molar-refractivity contribution in [2.24, 2.45) is 5.10 Å². The highest BCUT2D eigenvalue weighted by atomic mass is 16.3. The van der Waals surface area contributed by atoms with Gasteiger partial charge >= 0.3 is 5.91 Å². The average molecular weight is 242 g/mol. The highest BCUT2D eigenvalue weighted by Crippen LogP contribution is 2.11. The van der Waals surface area contributed by atoms with Crippen molar-refractivity contribution < 1.29 is 9.21 Å². The molecule has 0 radical (unpaired) electrons. The van der Waals surface area contributed by atoms with Crippen molar-refractivity contribution in [2.45, 2.75) is 12.8 Å².